The van der Waals surface area contributed by atoms with Gasteiger partial charge in [-0.1, -0.05) is 48.5 Å². The van der Waals surface area contributed by atoms with Crippen molar-refractivity contribution in [2.45, 2.75) is 9.79 Å². The van der Waals surface area contributed by atoms with Gasteiger partial charge < -0.3 is 0 Å². The van der Waals surface area contributed by atoms with Gasteiger partial charge in [0.2, 0.25) is 0 Å². The lowest BCUT2D eigenvalue weighted by molar-refractivity contribution is 0.481. The summed E-state index contributed by atoms with van der Waals surface area (Å²) >= 11 is 0. The van der Waals surface area contributed by atoms with Gasteiger partial charge in [0, 0.05) is 0 Å². The van der Waals surface area contributed by atoms with Crippen molar-refractivity contribution in [2.75, 3.05) is 0 Å². The van der Waals surface area contributed by atoms with Crippen molar-refractivity contribution in [2.24, 2.45) is 0 Å². The van der Waals surface area contributed by atoms with E-state index in [4.69, 9.17) is 9.11 Å². The fourth-order valence-corrected chi connectivity index (χ4v) is 3.56. The monoisotopic (exact) mass is 390 g/mol. The molecule has 0 fully saturated rings. The van der Waals surface area contributed by atoms with Crippen LogP contribution in [0.15, 0.2) is 82.6 Å². The molecule has 0 aliphatic rings. The lowest BCUT2D eigenvalue weighted by Crippen LogP contribution is -1.98. The van der Waals surface area contributed by atoms with Crippen LogP contribution in [-0.2, 0) is 20.2 Å². The Morgan fingerprint density at radius 1 is 0.500 bits per heavy atom. The van der Waals surface area contributed by atoms with Gasteiger partial charge in [-0.25, -0.2) is 0 Å². The molecule has 134 valence electrons. The fraction of sp³-hybridized carbons (Fsp3) is 0. The smallest absolute Gasteiger partial charge is 0.282 e. The highest BCUT2D eigenvalue weighted by atomic mass is 32.2. The topological polar surface area (TPSA) is 109 Å². The zero-order valence-electron chi connectivity index (χ0n) is 13.3. The molecule has 3 rings (SSSR count). The largest absolute Gasteiger partial charge is 0.294 e. The SMILES string of the molecule is O=S(=O)(O)c1ccc(-c2ccccc2-c2ccc(S(=O)(=O)O)cc2)cc1. The number of rotatable bonds is 4. The Morgan fingerprint density at radius 3 is 1.08 bits per heavy atom. The summed E-state index contributed by atoms with van der Waals surface area (Å²) in [5, 5.41) is 0. The second-order valence-electron chi connectivity index (χ2n) is 5.54. The molecule has 0 amide bonds. The zero-order valence-corrected chi connectivity index (χ0v) is 14.9. The van der Waals surface area contributed by atoms with Crippen molar-refractivity contribution in [3.05, 3.63) is 72.8 Å². The molecule has 6 nitrogen and oxygen atoms in total. The highest BCUT2D eigenvalue weighted by Gasteiger charge is 2.13. The first-order valence-electron chi connectivity index (χ1n) is 7.41. The number of benzene rings is 3. The third-order valence-corrected chi connectivity index (χ3v) is 5.59. The Labute approximate surface area is 151 Å². The molecule has 2 N–H and O–H groups in total. The van der Waals surface area contributed by atoms with Crippen LogP contribution in [0, 0.1) is 0 Å². The van der Waals surface area contributed by atoms with Crippen molar-refractivity contribution in [1.29, 1.82) is 0 Å². The van der Waals surface area contributed by atoms with Crippen LogP contribution in [-0.4, -0.2) is 25.9 Å². The molecular formula is C18H14O6S2. The molecule has 0 radical (unpaired) electrons. The third-order valence-electron chi connectivity index (χ3n) is 3.85. The second-order valence-corrected chi connectivity index (χ2v) is 8.39. The molecule has 0 atom stereocenters. The molecule has 0 aliphatic carbocycles. The quantitative estimate of drug-likeness (QED) is 0.660. The van der Waals surface area contributed by atoms with Crippen LogP contribution in [0.2, 0.25) is 0 Å². The minimum atomic E-state index is -4.26. The van der Waals surface area contributed by atoms with Crippen LogP contribution in [0.3, 0.4) is 0 Å². The number of hydrogen-bond donors (Lipinski definition) is 2. The summed E-state index contributed by atoms with van der Waals surface area (Å²) in [7, 11) is -8.53. The third kappa shape index (κ3) is 3.83. The minimum absolute atomic E-state index is 0.198. The highest BCUT2D eigenvalue weighted by molar-refractivity contribution is 7.86. The predicted octanol–water partition coefficient (Wildman–Crippen LogP) is 3.51. The maximum Gasteiger partial charge on any atom is 0.294 e. The summed E-state index contributed by atoms with van der Waals surface area (Å²) in [6.45, 7) is 0. The molecule has 0 saturated carbocycles. The van der Waals surface area contributed by atoms with Crippen LogP contribution in [0.25, 0.3) is 22.3 Å². The molecule has 0 aliphatic heterocycles. The molecule has 3 aromatic rings. The Balaban J connectivity index is 2.07. The van der Waals surface area contributed by atoms with Crippen molar-refractivity contribution < 1.29 is 25.9 Å². The molecule has 0 spiro atoms. The van der Waals surface area contributed by atoms with Gasteiger partial charge >= 0.3 is 0 Å². The Hall–Kier alpha value is -2.52. The Morgan fingerprint density at radius 2 is 0.808 bits per heavy atom. The molecule has 8 heteroatoms. The summed E-state index contributed by atoms with van der Waals surface area (Å²) in [6.07, 6.45) is 0. The van der Waals surface area contributed by atoms with Crippen LogP contribution >= 0.6 is 0 Å². The van der Waals surface area contributed by atoms with Crippen LogP contribution in [0.5, 0.6) is 0 Å². The van der Waals surface area contributed by atoms with E-state index >= 15 is 0 Å². The average molecular weight is 390 g/mol. The van der Waals surface area contributed by atoms with Crippen LogP contribution in [0.1, 0.15) is 0 Å². The van der Waals surface area contributed by atoms with E-state index in [2.05, 4.69) is 0 Å². The fourth-order valence-electron chi connectivity index (χ4n) is 2.60. The van der Waals surface area contributed by atoms with E-state index in [1.54, 1.807) is 24.3 Å². The van der Waals surface area contributed by atoms with Crippen LogP contribution in [0.4, 0.5) is 0 Å². The van der Waals surface area contributed by atoms with Gasteiger partial charge in [0.25, 0.3) is 20.2 Å². The molecule has 0 saturated heterocycles. The summed E-state index contributed by atoms with van der Waals surface area (Å²) in [5.41, 5.74) is 3.06. The zero-order chi connectivity index (χ0) is 18.9. The molecule has 3 aromatic carbocycles. The average Bonchev–Trinajstić information content (AvgIpc) is 2.60. The van der Waals surface area contributed by atoms with Gasteiger partial charge in [0.05, 0.1) is 9.79 Å². The van der Waals surface area contributed by atoms with E-state index < -0.39 is 20.2 Å². The van der Waals surface area contributed by atoms with E-state index in [1.807, 2.05) is 24.3 Å². The summed E-state index contributed by atoms with van der Waals surface area (Å²) in [5.74, 6) is 0. The van der Waals surface area contributed by atoms with Gasteiger partial charge in [0.1, 0.15) is 0 Å². The maximum atomic E-state index is 11.2. The van der Waals surface area contributed by atoms with E-state index in [0.717, 1.165) is 22.3 Å². The van der Waals surface area contributed by atoms with Crippen molar-refractivity contribution >= 4 is 20.2 Å². The maximum absolute atomic E-state index is 11.2. The van der Waals surface area contributed by atoms with E-state index in [0.29, 0.717) is 0 Å². The normalized spacial score (nSPS) is 12.1. The Bertz CT molecular complexity index is 1050. The van der Waals surface area contributed by atoms with Crippen molar-refractivity contribution in [3.8, 4) is 22.3 Å². The van der Waals surface area contributed by atoms with Gasteiger partial charge in [-0.3, -0.25) is 9.11 Å². The van der Waals surface area contributed by atoms with Gasteiger partial charge in [-0.2, -0.15) is 16.8 Å². The summed E-state index contributed by atoms with van der Waals surface area (Å²) < 4.78 is 62.8. The molecular weight excluding hydrogens is 376 g/mol. The summed E-state index contributed by atoms with van der Waals surface area (Å²) in [4.78, 5) is -0.396. The van der Waals surface area contributed by atoms with E-state index in [1.165, 1.54) is 24.3 Å². The Kier molecular flexibility index (Phi) is 4.68. The number of hydrogen-bond acceptors (Lipinski definition) is 4. The summed E-state index contributed by atoms with van der Waals surface area (Å²) in [6, 6.07) is 18.9. The molecule has 0 bridgehead atoms. The van der Waals surface area contributed by atoms with Gasteiger partial charge in [0.15, 0.2) is 0 Å². The van der Waals surface area contributed by atoms with Gasteiger partial charge in [-0.15, -0.1) is 0 Å². The van der Waals surface area contributed by atoms with Crippen molar-refractivity contribution in [1.82, 2.24) is 0 Å². The van der Waals surface area contributed by atoms with E-state index in [9.17, 15) is 16.8 Å². The van der Waals surface area contributed by atoms with E-state index in [-0.39, 0.29) is 9.79 Å². The lowest BCUT2D eigenvalue weighted by Gasteiger charge is -2.11. The molecule has 0 heterocycles. The second kappa shape index (κ2) is 6.65. The predicted molar refractivity (Wildman–Crippen MR) is 96.9 cm³/mol. The minimum Gasteiger partial charge on any atom is -0.282 e. The first-order valence-corrected chi connectivity index (χ1v) is 10.3. The molecule has 26 heavy (non-hydrogen) atoms. The molecule has 0 unspecified atom stereocenters. The highest BCUT2D eigenvalue weighted by Crippen LogP contribution is 2.33. The molecule has 0 aromatic heterocycles. The van der Waals surface area contributed by atoms with Crippen molar-refractivity contribution in [3.63, 3.8) is 0 Å². The van der Waals surface area contributed by atoms with Gasteiger partial charge in [-0.05, 0) is 46.5 Å². The first kappa shape index (κ1) is 18.3. The first-order chi connectivity index (χ1) is 12.2. The van der Waals surface area contributed by atoms with Crippen LogP contribution < -0.4 is 0 Å². The standard InChI is InChI=1S/C18H14O6S2/c19-25(20,21)15-9-5-13(6-10-15)17-3-1-2-4-18(17)14-7-11-16(12-8-14)26(22,23)24/h1-12H,(H,19,20,21)(H,22,23,24). The lowest BCUT2D eigenvalue weighted by atomic mass is 9.95.